The number of aromatic nitrogens is 1. The van der Waals surface area contributed by atoms with Crippen molar-refractivity contribution in [1.29, 1.82) is 0 Å². The van der Waals surface area contributed by atoms with E-state index in [1.54, 1.807) is 12.3 Å². The lowest BCUT2D eigenvalue weighted by atomic mass is 10.1. The first kappa shape index (κ1) is 19.5. The maximum absolute atomic E-state index is 13.7. The van der Waals surface area contributed by atoms with Crippen molar-refractivity contribution >= 4 is 29.7 Å². The summed E-state index contributed by atoms with van der Waals surface area (Å²) in [4.78, 5) is 18.0. The maximum Gasteiger partial charge on any atom is 0.273 e. The zero-order valence-corrected chi connectivity index (χ0v) is 14.2. The van der Waals surface area contributed by atoms with Crippen LogP contribution in [0.2, 0.25) is 0 Å². The Morgan fingerprint density at radius 2 is 2.00 bits per heavy atom. The van der Waals surface area contributed by atoms with Crippen LogP contribution in [-0.2, 0) is 13.0 Å². The van der Waals surface area contributed by atoms with E-state index in [9.17, 15) is 13.6 Å². The Balaban J connectivity index is 0.00000264. The molecule has 1 aromatic carbocycles. The minimum Gasteiger partial charge on any atom is -0.333 e. The zero-order chi connectivity index (χ0) is 16.1. The van der Waals surface area contributed by atoms with Gasteiger partial charge in [0.25, 0.3) is 5.91 Å². The van der Waals surface area contributed by atoms with E-state index in [2.05, 4.69) is 4.98 Å². The fourth-order valence-electron chi connectivity index (χ4n) is 2.01. The fraction of sp³-hybridized carbons (Fsp3) is 0.333. The second kappa shape index (κ2) is 8.90. The smallest absolute Gasteiger partial charge is 0.273 e. The van der Waals surface area contributed by atoms with Gasteiger partial charge in [0.15, 0.2) is 0 Å². The first-order valence-electron chi connectivity index (χ1n) is 6.93. The van der Waals surface area contributed by atoms with Crippen molar-refractivity contribution in [3.8, 4) is 0 Å². The maximum atomic E-state index is 13.7. The van der Waals surface area contributed by atoms with Crippen LogP contribution in [0.3, 0.4) is 0 Å². The minimum atomic E-state index is -0.659. The molecule has 0 aliphatic heterocycles. The van der Waals surface area contributed by atoms with E-state index in [4.69, 9.17) is 5.73 Å². The molecule has 0 unspecified atom stereocenters. The highest BCUT2D eigenvalue weighted by atomic mass is 35.5. The van der Waals surface area contributed by atoms with E-state index in [-0.39, 0.29) is 36.1 Å². The number of halogens is 3. The molecule has 0 radical (unpaired) electrons. The van der Waals surface area contributed by atoms with Crippen LogP contribution in [0, 0.1) is 11.6 Å². The summed E-state index contributed by atoms with van der Waals surface area (Å²) in [5, 5.41) is 2.42. The van der Waals surface area contributed by atoms with E-state index < -0.39 is 11.6 Å². The lowest BCUT2D eigenvalue weighted by molar-refractivity contribution is 0.0744. The van der Waals surface area contributed by atoms with Crippen molar-refractivity contribution < 1.29 is 13.6 Å². The predicted molar refractivity (Wildman–Crippen MR) is 88.9 cm³/mol. The molecule has 23 heavy (non-hydrogen) atoms. The molecule has 0 saturated carbocycles. The van der Waals surface area contributed by atoms with Gasteiger partial charge < -0.3 is 10.6 Å². The predicted octanol–water partition coefficient (Wildman–Crippen LogP) is 3.01. The second-order valence-electron chi connectivity index (χ2n) is 4.68. The molecule has 1 heterocycles. The number of carbonyl (C=O) groups is 1. The van der Waals surface area contributed by atoms with Gasteiger partial charge in [-0.3, -0.25) is 4.79 Å². The first-order valence-corrected chi connectivity index (χ1v) is 7.81. The minimum absolute atomic E-state index is 0. The number of hydrogen-bond acceptors (Lipinski definition) is 4. The molecule has 0 saturated heterocycles. The van der Waals surface area contributed by atoms with Crippen molar-refractivity contribution in [2.75, 3.05) is 13.1 Å². The Bertz CT molecular complexity index is 646. The molecule has 8 heteroatoms. The monoisotopic (exact) mass is 361 g/mol. The summed E-state index contributed by atoms with van der Waals surface area (Å²) < 4.78 is 27.4. The molecule has 0 fully saturated rings. The van der Waals surface area contributed by atoms with E-state index in [0.717, 1.165) is 5.01 Å². The van der Waals surface area contributed by atoms with Gasteiger partial charge in [-0.1, -0.05) is 6.07 Å². The quantitative estimate of drug-likeness (QED) is 0.860. The van der Waals surface area contributed by atoms with Gasteiger partial charge in [-0.15, -0.1) is 23.7 Å². The number of rotatable bonds is 6. The van der Waals surface area contributed by atoms with Gasteiger partial charge in [0.05, 0.1) is 11.6 Å². The van der Waals surface area contributed by atoms with E-state index in [1.807, 2.05) is 0 Å². The average Bonchev–Trinajstić information content (AvgIpc) is 2.95. The summed E-state index contributed by atoms with van der Waals surface area (Å²) in [6, 6.07) is 3.66. The van der Waals surface area contributed by atoms with Crippen LogP contribution in [0.1, 0.15) is 28.0 Å². The van der Waals surface area contributed by atoms with Crippen molar-refractivity contribution in [3.05, 3.63) is 51.5 Å². The summed E-state index contributed by atoms with van der Waals surface area (Å²) >= 11 is 1.36. The molecule has 0 aliphatic carbocycles. The van der Waals surface area contributed by atoms with Gasteiger partial charge in [0.1, 0.15) is 17.3 Å². The van der Waals surface area contributed by atoms with Gasteiger partial charge in [0.2, 0.25) is 0 Å². The summed E-state index contributed by atoms with van der Waals surface area (Å²) in [6.07, 6.45) is 0.603. The summed E-state index contributed by atoms with van der Waals surface area (Å²) in [5.41, 5.74) is 5.62. The molecule has 0 aliphatic rings. The first-order chi connectivity index (χ1) is 10.6. The third-order valence-corrected chi connectivity index (χ3v) is 4.12. The molecule has 1 amide bonds. The summed E-state index contributed by atoms with van der Waals surface area (Å²) in [6.45, 7) is 2.41. The molecule has 0 bridgehead atoms. The van der Waals surface area contributed by atoms with Gasteiger partial charge in [0, 0.05) is 23.9 Å². The Morgan fingerprint density at radius 1 is 1.35 bits per heavy atom. The van der Waals surface area contributed by atoms with Crippen molar-refractivity contribution in [1.82, 2.24) is 9.88 Å². The second-order valence-corrected chi connectivity index (χ2v) is 5.63. The fourth-order valence-corrected chi connectivity index (χ4v) is 2.80. The van der Waals surface area contributed by atoms with E-state index in [1.165, 1.54) is 34.4 Å². The highest BCUT2D eigenvalue weighted by Gasteiger charge is 2.20. The lowest BCUT2D eigenvalue weighted by Crippen LogP contribution is -2.31. The van der Waals surface area contributed by atoms with E-state index in [0.29, 0.717) is 19.5 Å². The zero-order valence-electron chi connectivity index (χ0n) is 12.6. The Morgan fingerprint density at radius 3 is 2.57 bits per heavy atom. The molecule has 2 N–H and O–H groups in total. The summed E-state index contributed by atoms with van der Waals surface area (Å²) in [5.74, 6) is -1.66. The van der Waals surface area contributed by atoms with Gasteiger partial charge >= 0.3 is 0 Å². The molecule has 2 rings (SSSR count). The number of thiazole rings is 1. The SMILES string of the molecule is CCN(Cc1c(F)cccc1F)C(=O)c1csc(CCN)n1.Cl. The van der Waals surface area contributed by atoms with Gasteiger partial charge in [-0.2, -0.15) is 0 Å². The number of benzene rings is 1. The summed E-state index contributed by atoms with van der Waals surface area (Å²) in [7, 11) is 0. The molecular formula is C15H18ClF2N3OS. The Kier molecular flexibility index (Phi) is 7.54. The molecule has 126 valence electrons. The third-order valence-electron chi connectivity index (χ3n) is 3.21. The highest BCUT2D eigenvalue weighted by Crippen LogP contribution is 2.17. The van der Waals surface area contributed by atoms with Crippen LogP contribution < -0.4 is 5.73 Å². The number of nitrogens with zero attached hydrogens (tertiary/aromatic N) is 2. The highest BCUT2D eigenvalue weighted by molar-refractivity contribution is 7.09. The Labute approximate surface area is 143 Å². The van der Waals surface area contributed by atoms with E-state index >= 15 is 0 Å². The normalized spacial score (nSPS) is 10.3. The van der Waals surface area contributed by atoms with Crippen LogP contribution >= 0.6 is 23.7 Å². The Hall–Kier alpha value is -1.57. The number of nitrogens with two attached hydrogens (primary N) is 1. The van der Waals surface area contributed by atoms with Gasteiger partial charge in [-0.05, 0) is 25.6 Å². The molecule has 0 spiro atoms. The standard InChI is InChI=1S/C15H17F2N3OS.ClH/c1-2-20(8-10-11(16)4-3-5-12(10)17)15(21)13-9-22-14(19-13)6-7-18;/h3-5,9H,2,6-8,18H2,1H3;1H. The molecule has 4 nitrogen and oxygen atoms in total. The number of hydrogen-bond donors (Lipinski definition) is 1. The number of amides is 1. The molecule has 2 aromatic rings. The van der Waals surface area contributed by atoms with Crippen LogP contribution in [0.15, 0.2) is 23.6 Å². The average molecular weight is 362 g/mol. The van der Waals surface area contributed by atoms with Crippen molar-refractivity contribution in [2.45, 2.75) is 19.9 Å². The third kappa shape index (κ3) is 4.70. The van der Waals surface area contributed by atoms with Crippen molar-refractivity contribution in [2.24, 2.45) is 5.73 Å². The lowest BCUT2D eigenvalue weighted by Gasteiger charge is -2.20. The molecular weight excluding hydrogens is 344 g/mol. The number of carbonyl (C=O) groups excluding carboxylic acids is 1. The van der Waals surface area contributed by atoms with Crippen LogP contribution in [-0.4, -0.2) is 28.9 Å². The topological polar surface area (TPSA) is 59.2 Å². The van der Waals surface area contributed by atoms with Gasteiger partial charge in [-0.25, -0.2) is 13.8 Å². The largest absolute Gasteiger partial charge is 0.333 e. The van der Waals surface area contributed by atoms with Crippen LogP contribution in [0.25, 0.3) is 0 Å². The van der Waals surface area contributed by atoms with Crippen LogP contribution in [0.5, 0.6) is 0 Å². The van der Waals surface area contributed by atoms with Crippen LogP contribution in [0.4, 0.5) is 8.78 Å². The molecule has 1 aromatic heterocycles. The molecule has 0 atom stereocenters. The van der Waals surface area contributed by atoms with Crippen molar-refractivity contribution in [3.63, 3.8) is 0 Å².